The van der Waals surface area contributed by atoms with Crippen molar-refractivity contribution in [3.05, 3.63) is 60.1 Å². The van der Waals surface area contributed by atoms with Gasteiger partial charge in [0, 0.05) is 32.6 Å². The smallest absolute Gasteiger partial charge is 0.289 e. The van der Waals surface area contributed by atoms with Crippen LogP contribution in [0.15, 0.2) is 53.1 Å². The number of hydrogen-bond acceptors (Lipinski definition) is 5. The Kier molecular flexibility index (Phi) is 6.71. The Bertz CT molecular complexity index is 928. The number of amides is 2. The molecular weight excluding hydrogens is 394 g/mol. The van der Waals surface area contributed by atoms with E-state index in [0.29, 0.717) is 19.5 Å². The maximum absolute atomic E-state index is 12.6. The van der Waals surface area contributed by atoms with Gasteiger partial charge in [0.15, 0.2) is 5.76 Å². The number of furan rings is 1. The van der Waals surface area contributed by atoms with Gasteiger partial charge in [-0.1, -0.05) is 30.3 Å². The second-order valence-electron chi connectivity index (χ2n) is 6.98. The highest BCUT2D eigenvalue weighted by Gasteiger charge is 2.31. The Morgan fingerprint density at radius 1 is 1.10 bits per heavy atom. The summed E-state index contributed by atoms with van der Waals surface area (Å²) in [5, 5.41) is 2.80. The van der Waals surface area contributed by atoms with Crippen molar-refractivity contribution in [3.8, 4) is 0 Å². The van der Waals surface area contributed by atoms with Crippen molar-refractivity contribution < 1.29 is 22.4 Å². The quantitative estimate of drug-likeness (QED) is 0.815. The summed E-state index contributed by atoms with van der Waals surface area (Å²) in [6.45, 7) is 1.16. The number of benzene rings is 1. The van der Waals surface area contributed by atoms with Crippen LogP contribution in [-0.4, -0.2) is 61.9 Å². The molecule has 1 atom stereocenters. The minimum atomic E-state index is -3.58. The summed E-state index contributed by atoms with van der Waals surface area (Å²) >= 11 is 0. The number of sulfonamides is 1. The molecule has 1 aromatic carbocycles. The molecule has 29 heavy (non-hydrogen) atoms. The number of hydrogen-bond donors (Lipinski definition) is 1. The average molecular weight is 420 g/mol. The predicted molar refractivity (Wildman–Crippen MR) is 108 cm³/mol. The Morgan fingerprint density at radius 2 is 1.86 bits per heavy atom. The average Bonchev–Trinajstić information content (AvgIpc) is 3.21. The van der Waals surface area contributed by atoms with E-state index in [1.807, 2.05) is 30.3 Å². The minimum Gasteiger partial charge on any atom is -0.459 e. The van der Waals surface area contributed by atoms with E-state index in [1.54, 1.807) is 17.0 Å². The van der Waals surface area contributed by atoms with Gasteiger partial charge in [-0.3, -0.25) is 9.59 Å². The maximum atomic E-state index is 12.6. The van der Waals surface area contributed by atoms with Gasteiger partial charge in [-0.15, -0.1) is 0 Å². The molecule has 0 saturated carbocycles. The van der Waals surface area contributed by atoms with E-state index in [0.717, 1.165) is 11.8 Å². The monoisotopic (exact) mass is 419 g/mol. The van der Waals surface area contributed by atoms with Crippen LogP contribution in [0.25, 0.3) is 0 Å². The van der Waals surface area contributed by atoms with E-state index in [2.05, 4.69) is 5.32 Å². The predicted octanol–water partition coefficient (Wildman–Crippen LogP) is 1.63. The van der Waals surface area contributed by atoms with Gasteiger partial charge in [-0.25, -0.2) is 8.42 Å². The molecule has 0 bridgehead atoms. The lowest BCUT2D eigenvalue weighted by atomic mass is 10.0. The first-order chi connectivity index (χ1) is 13.9. The van der Waals surface area contributed by atoms with Crippen molar-refractivity contribution in [2.45, 2.75) is 18.9 Å². The molecule has 1 saturated heterocycles. The topological polar surface area (TPSA) is 99.9 Å². The van der Waals surface area contributed by atoms with Crippen LogP contribution >= 0.6 is 0 Å². The summed E-state index contributed by atoms with van der Waals surface area (Å²) in [5.41, 5.74) is 0.760. The number of nitrogens with one attached hydrogen (secondary N) is 1. The molecule has 3 rings (SSSR count). The van der Waals surface area contributed by atoms with Gasteiger partial charge < -0.3 is 14.6 Å². The molecule has 2 amide bonds. The lowest BCUT2D eigenvalue weighted by molar-refractivity contribution is -0.122. The van der Waals surface area contributed by atoms with E-state index in [4.69, 9.17) is 4.42 Å². The lowest BCUT2D eigenvalue weighted by Crippen LogP contribution is -2.39. The highest BCUT2D eigenvalue weighted by molar-refractivity contribution is 7.88. The zero-order chi connectivity index (χ0) is 20.9. The first-order valence-electron chi connectivity index (χ1n) is 9.47. The van der Waals surface area contributed by atoms with Crippen molar-refractivity contribution in [2.75, 3.05) is 32.4 Å². The fourth-order valence-electron chi connectivity index (χ4n) is 3.48. The van der Waals surface area contributed by atoms with Crippen LogP contribution in [0.2, 0.25) is 0 Å². The molecule has 0 aliphatic carbocycles. The number of nitrogens with zero attached hydrogens (tertiary/aromatic N) is 2. The minimum absolute atomic E-state index is 0.0171. The van der Waals surface area contributed by atoms with Gasteiger partial charge in [-0.05, 0) is 24.1 Å². The number of rotatable bonds is 3. The molecule has 2 aromatic rings. The first kappa shape index (κ1) is 21.1. The Morgan fingerprint density at radius 3 is 2.52 bits per heavy atom. The third-order valence-corrected chi connectivity index (χ3v) is 6.16. The fraction of sp³-hybridized carbons (Fsp3) is 0.400. The van der Waals surface area contributed by atoms with Crippen LogP contribution in [0.4, 0.5) is 0 Å². The molecular formula is C20H25N3O5S. The SMILES string of the molecule is CS(=O)(=O)N1CCCN(C(=O)c2ccco2)CCNC(=O)CC1c1ccccc1. The zero-order valence-corrected chi connectivity index (χ0v) is 17.1. The van der Waals surface area contributed by atoms with E-state index in [-0.39, 0.29) is 37.1 Å². The van der Waals surface area contributed by atoms with E-state index in [1.165, 1.54) is 10.6 Å². The molecule has 1 N–H and O–H groups in total. The highest BCUT2D eigenvalue weighted by Crippen LogP contribution is 2.27. The van der Waals surface area contributed by atoms with Crippen molar-refractivity contribution >= 4 is 21.8 Å². The molecule has 8 nitrogen and oxygen atoms in total. The van der Waals surface area contributed by atoms with Crippen LogP contribution in [0.3, 0.4) is 0 Å². The largest absolute Gasteiger partial charge is 0.459 e. The van der Waals surface area contributed by atoms with Crippen LogP contribution in [-0.2, 0) is 14.8 Å². The van der Waals surface area contributed by atoms with Gasteiger partial charge >= 0.3 is 0 Å². The molecule has 1 fully saturated rings. The van der Waals surface area contributed by atoms with Crippen molar-refractivity contribution in [1.29, 1.82) is 0 Å². The fourth-order valence-corrected chi connectivity index (χ4v) is 4.60. The third-order valence-electron chi connectivity index (χ3n) is 4.87. The molecule has 156 valence electrons. The van der Waals surface area contributed by atoms with Gasteiger partial charge in [0.25, 0.3) is 5.91 Å². The van der Waals surface area contributed by atoms with Gasteiger partial charge in [-0.2, -0.15) is 4.31 Å². The molecule has 1 aromatic heterocycles. The van der Waals surface area contributed by atoms with Crippen LogP contribution < -0.4 is 5.32 Å². The second-order valence-corrected chi connectivity index (χ2v) is 8.91. The maximum Gasteiger partial charge on any atom is 0.289 e. The lowest BCUT2D eigenvalue weighted by Gasteiger charge is -2.30. The van der Waals surface area contributed by atoms with Gasteiger partial charge in [0.2, 0.25) is 15.9 Å². The van der Waals surface area contributed by atoms with Crippen LogP contribution in [0.5, 0.6) is 0 Å². The Hall–Kier alpha value is -2.65. The van der Waals surface area contributed by atoms with Crippen molar-refractivity contribution in [2.24, 2.45) is 0 Å². The first-order valence-corrected chi connectivity index (χ1v) is 11.3. The number of carbonyl (C=O) groups is 2. The second kappa shape index (κ2) is 9.23. The molecule has 9 heteroatoms. The summed E-state index contributed by atoms with van der Waals surface area (Å²) in [5.74, 6) is -0.331. The summed E-state index contributed by atoms with van der Waals surface area (Å²) < 4.78 is 31.6. The van der Waals surface area contributed by atoms with E-state index < -0.39 is 16.1 Å². The molecule has 1 aliphatic rings. The number of carbonyl (C=O) groups excluding carboxylic acids is 2. The summed E-state index contributed by atoms with van der Waals surface area (Å²) in [7, 11) is -3.58. The van der Waals surface area contributed by atoms with Crippen LogP contribution in [0.1, 0.15) is 35.0 Å². The molecule has 0 radical (unpaired) electrons. The highest BCUT2D eigenvalue weighted by atomic mass is 32.2. The van der Waals surface area contributed by atoms with Crippen molar-refractivity contribution in [3.63, 3.8) is 0 Å². The molecule has 0 spiro atoms. The standard InChI is InChI=1S/C20H25N3O5S/c1-29(26,27)23-12-6-11-22(20(25)18-9-5-14-28-18)13-10-21-19(24)15-17(23)16-7-3-2-4-8-16/h2-5,7-9,14,17H,6,10-13,15H2,1H3,(H,21,24). The van der Waals surface area contributed by atoms with Gasteiger partial charge in [0.1, 0.15) is 0 Å². The van der Waals surface area contributed by atoms with E-state index in [9.17, 15) is 18.0 Å². The summed E-state index contributed by atoms with van der Waals surface area (Å²) in [6.07, 6.45) is 3.03. The Labute approximate surface area is 170 Å². The summed E-state index contributed by atoms with van der Waals surface area (Å²) in [6, 6.07) is 11.8. The normalized spacial score (nSPS) is 20.0. The molecule has 1 aliphatic heterocycles. The van der Waals surface area contributed by atoms with Gasteiger partial charge in [0.05, 0.1) is 18.6 Å². The third kappa shape index (κ3) is 5.45. The zero-order valence-electron chi connectivity index (χ0n) is 16.3. The van der Waals surface area contributed by atoms with Crippen LogP contribution in [0, 0.1) is 0 Å². The van der Waals surface area contributed by atoms with E-state index >= 15 is 0 Å². The Balaban J connectivity index is 1.86. The summed E-state index contributed by atoms with van der Waals surface area (Å²) in [4.78, 5) is 26.7. The molecule has 2 heterocycles. The molecule has 1 unspecified atom stereocenters. The van der Waals surface area contributed by atoms with Crippen molar-refractivity contribution in [1.82, 2.24) is 14.5 Å².